The van der Waals surface area contributed by atoms with Gasteiger partial charge in [-0.1, -0.05) is 195 Å². The highest BCUT2D eigenvalue weighted by Crippen LogP contribution is 2.43. The molecule has 0 rings (SSSR count). The Morgan fingerprint density at radius 2 is 0.703 bits per heavy atom. The SMILES string of the molecule is CC/C=C\C/C=C\C/C=C\CCCCCC(=O)OC(CO)COP(=O)(O)OCC(COC(=O)CCCCCCCC/C=C\C/C=C\C/C=C\CCCCC)OC(=O)CCCCCCC/C=C\C/C=C\CCCCC. The summed E-state index contributed by atoms with van der Waals surface area (Å²) in [6.07, 6.45) is 65.1. The monoisotopic (exact) mass is 1060 g/mol. The predicted molar refractivity (Wildman–Crippen MR) is 307 cm³/mol. The highest BCUT2D eigenvalue weighted by atomic mass is 31.2. The molecule has 0 amide bonds. The van der Waals surface area contributed by atoms with Crippen molar-refractivity contribution in [3.05, 3.63) is 97.2 Å². The smallest absolute Gasteiger partial charge is 0.462 e. The van der Waals surface area contributed by atoms with E-state index in [1.54, 1.807) is 0 Å². The molecule has 0 aliphatic heterocycles. The van der Waals surface area contributed by atoms with Crippen molar-refractivity contribution in [1.29, 1.82) is 0 Å². The minimum Gasteiger partial charge on any atom is -0.462 e. The quantitative estimate of drug-likeness (QED) is 0.0197. The Bertz CT molecular complexity index is 1610. The molecule has 0 fully saturated rings. The topological polar surface area (TPSA) is 155 Å². The molecular weight excluding hydrogens is 952 g/mol. The van der Waals surface area contributed by atoms with Gasteiger partial charge < -0.3 is 24.2 Å². The second-order valence-electron chi connectivity index (χ2n) is 19.1. The first kappa shape index (κ1) is 70.4. The summed E-state index contributed by atoms with van der Waals surface area (Å²) in [5.41, 5.74) is 0. The van der Waals surface area contributed by atoms with E-state index >= 15 is 0 Å². The van der Waals surface area contributed by atoms with Crippen LogP contribution in [0.5, 0.6) is 0 Å². The van der Waals surface area contributed by atoms with E-state index in [2.05, 4.69) is 118 Å². The van der Waals surface area contributed by atoms with E-state index in [0.29, 0.717) is 19.3 Å². The van der Waals surface area contributed by atoms with Crippen molar-refractivity contribution in [3.8, 4) is 0 Å². The van der Waals surface area contributed by atoms with Crippen LogP contribution in [0.25, 0.3) is 0 Å². The van der Waals surface area contributed by atoms with Gasteiger partial charge in [0.1, 0.15) is 12.7 Å². The van der Waals surface area contributed by atoms with Crippen LogP contribution in [-0.4, -0.2) is 66.5 Å². The van der Waals surface area contributed by atoms with Gasteiger partial charge in [-0.15, -0.1) is 0 Å². The molecule has 0 aromatic heterocycles. The third-order valence-corrected chi connectivity index (χ3v) is 12.9. The lowest BCUT2D eigenvalue weighted by Gasteiger charge is -2.21. The van der Waals surface area contributed by atoms with Crippen LogP contribution in [0.3, 0.4) is 0 Å². The molecular formula is C62H105O11P. The Balaban J connectivity index is 4.79. The fourth-order valence-corrected chi connectivity index (χ4v) is 8.31. The number of aliphatic hydroxyl groups excluding tert-OH is 1. The van der Waals surface area contributed by atoms with Crippen molar-refractivity contribution in [2.24, 2.45) is 0 Å². The minimum absolute atomic E-state index is 0.136. The highest BCUT2D eigenvalue weighted by molar-refractivity contribution is 7.47. The number of ether oxygens (including phenoxy) is 3. The lowest BCUT2D eigenvalue weighted by atomic mass is 10.1. The molecule has 0 aromatic carbocycles. The van der Waals surface area contributed by atoms with Crippen LogP contribution in [0.15, 0.2) is 97.2 Å². The zero-order chi connectivity index (χ0) is 54.1. The summed E-state index contributed by atoms with van der Waals surface area (Å²) in [4.78, 5) is 48.5. The Morgan fingerprint density at radius 3 is 1.09 bits per heavy atom. The normalized spacial score (nSPS) is 14.1. The highest BCUT2D eigenvalue weighted by Gasteiger charge is 2.28. The average molecular weight is 1060 g/mol. The van der Waals surface area contributed by atoms with E-state index in [9.17, 15) is 28.9 Å². The van der Waals surface area contributed by atoms with E-state index < -0.39 is 57.8 Å². The Hall–Kier alpha value is -3.60. The number of phosphoric ester groups is 1. The standard InChI is InChI=1S/C62H105O11P/c1-4-7-10-13-16-19-22-25-27-28-29-30-32-34-36-39-42-45-48-51-60(64)69-55-59(73-62(66)53-50-47-44-41-38-35-31-26-23-20-17-14-11-8-5-2)57-71-74(67,68)70-56-58(54-63)72-61(65)52-49-46-43-40-37-33-24-21-18-15-12-9-6-3/h9,12,16-21,25-27,29-31,33,37,58-59,63H,4-8,10-11,13-15,22-24,28,32,34-36,38-57H2,1-3H3,(H,67,68)/b12-9-,19-16-,20-17-,21-18-,27-25-,30-29-,31-26-,37-33-. The van der Waals surface area contributed by atoms with Gasteiger partial charge in [-0.25, -0.2) is 4.57 Å². The molecule has 0 radical (unpaired) electrons. The Labute approximate surface area is 451 Å². The Kier molecular flexibility index (Phi) is 52.9. The van der Waals surface area contributed by atoms with Gasteiger partial charge in [0.15, 0.2) is 6.10 Å². The molecule has 0 bridgehead atoms. The number of carbonyl (C=O) groups excluding carboxylic acids is 3. The fraction of sp³-hybridized carbons (Fsp3) is 0.694. The van der Waals surface area contributed by atoms with Crippen molar-refractivity contribution in [3.63, 3.8) is 0 Å². The number of hydrogen-bond donors (Lipinski definition) is 2. The maximum Gasteiger partial charge on any atom is 0.472 e. The van der Waals surface area contributed by atoms with Crippen LogP contribution >= 0.6 is 7.82 Å². The van der Waals surface area contributed by atoms with Gasteiger partial charge in [0.25, 0.3) is 0 Å². The summed E-state index contributed by atoms with van der Waals surface area (Å²) in [6, 6.07) is 0. The Morgan fingerprint density at radius 1 is 0.392 bits per heavy atom. The van der Waals surface area contributed by atoms with Gasteiger partial charge in [0, 0.05) is 19.3 Å². The largest absolute Gasteiger partial charge is 0.472 e. The maximum absolute atomic E-state index is 12.9. The van der Waals surface area contributed by atoms with E-state index in [1.807, 2.05) is 0 Å². The molecule has 0 aliphatic carbocycles. The summed E-state index contributed by atoms with van der Waals surface area (Å²) < 4.78 is 39.5. The van der Waals surface area contributed by atoms with Crippen molar-refractivity contribution in [1.82, 2.24) is 0 Å². The van der Waals surface area contributed by atoms with Gasteiger partial charge in [-0.05, 0) is 122 Å². The number of allylic oxidation sites excluding steroid dienone is 16. The summed E-state index contributed by atoms with van der Waals surface area (Å²) in [5, 5.41) is 9.80. The van der Waals surface area contributed by atoms with E-state index in [0.717, 1.165) is 135 Å². The van der Waals surface area contributed by atoms with Crippen LogP contribution in [0.2, 0.25) is 0 Å². The van der Waals surface area contributed by atoms with Crippen molar-refractivity contribution < 1.29 is 52.2 Å². The zero-order valence-electron chi connectivity index (χ0n) is 46.8. The number of aliphatic hydroxyl groups is 1. The third kappa shape index (κ3) is 53.2. The van der Waals surface area contributed by atoms with Crippen molar-refractivity contribution >= 4 is 25.7 Å². The molecule has 2 N–H and O–H groups in total. The first-order valence-electron chi connectivity index (χ1n) is 29.1. The second-order valence-corrected chi connectivity index (χ2v) is 20.5. The molecule has 0 aromatic rings. The molecule has 11 nitrogen and oxygen atoms in total. The van der Waals surface area contributed by atoms with Crippen LogP contribution in [0, 0.1) is 0 Å². The maximum atomic E-state index is 12.9. The van der Waals surface area contributed by atoms with Crippen LogP contribution in [0.4, 0.5) is 0 Å². The molecule has 3 unspecified atom stereocenters. The number of rotatable bonds is 53. The summed E-state index contributed by atoms with van der Waals surface area (Å²) in [5.74, 6) is -1.53. The van der Waals surface area contributed by atoms with Gasteiger partial charge in [-0.2, -0.15) is 0 Å². The van der Waals surface area contributed by atoms with Crippen LogP contribution < -0.4 is 0 Å². The van der Waals surface area contributed by atoms with Gasteiger partial charge >= 0.3 is 25.7 Å². The summed E-state index contributed by atoms with van der Waals surface area (Å²) in [6.45, 7) is 4.41. The van der Waals surface area contributed by atoms with Gasteiger partial charge in [0.2, 0.25) is 0 Å². The van der Waals surface area contributed by atoms with Crippen LogP contribution in [0.1, 0.15) is 239 Å². The molecule has 0 heterocycles. The van der Waals surface area contributed by atoms with Gasteiger partial charge in [0.05, 0.1) is 19.8 Å². The molecule has 0 saturated carbocycles. The molecule has 3 atom stereocenters. The summed E-state index contributed by atoms with van der Waals surface area (Å²) in [7, 11) is -4.77. The molecule has 0 spiro atoms. The fourth-order valence-electron chi connectivity index (χ4n) is 7.52. The molecule has 0 aliphatic rings. The van der Waals surface area contributed by atoms with Crippen molar-refractivity contribution in [2.45, 2.75) is 251 Å². The van der Waals surface area contributed by atoms with E-state index in [-0.39, 0.29) is 25.9 Å². The second kappa shape index (κ2) is 55.6. The molecule has 12 heteroatoms. The third-order valence-electron chi connectivity index (χ3n) is 12.0. The van der Waals surface area contributed by atoms with Crippen LogP contribution in [-0.2, 0) is 42.2 Å². The van der Waals surface area contributed by atoms with E-state index in [1.165, 1.54) is 44.9 Å². The number of unbranched alkanes of at least 4 members (excludes halogenated alkanes) is 20. The minimum atomic E-state index is -4.77. The van der Waals surface area contributed by atoms with Crippen molar-refractivity contribution in [2.75, 3.05) is 26.4 Å². The lowest BCUT2D eigenvalue weighted by Crippen LogP contribution is -2.30. The first-order valence-corrected chi connectivity index (χ1v) is 30.6. The average Bonchev–Trinajstić information content (AvgIpc) is 3.39. The molecule has 74 heavy (non-hydrogen) atoms. The summed E-state index contributed by atoms with van der Waals surface area (Å²) >= 11 is 0. The first-order chi connectivity index (χ1) is 36.2. The molecule has 424 valence electrons. The van der Waals surface area contributed by atoms with Gasteiger partial charge in [-0.3, -0.25) is 23.4 Å². The predicted octanol–water partition coefficient (Wildman–Crippen LogP) is 17.3. The molecule has 0 saturated heterocycles. The zero-order valence-corrected chi connectivity index (χ0v) is 47.7. The number of phosphoric acid groups is 1. The number of hydrogen-bond acceptors (Lipinski definition) is 10. The number of carbonyl (C=O) groups is 3. The lowest BCUT2D eigenvalue weighted by molar-refractivity contribution is -0.161. The number of esters is 3. The van der Waals surface area contributed by atoms with E-state index in [4.69, 9.17) is 23.3 Å².